The highest BCUT2D eigenvalue weighted by molar-refractivity contribution is 9.10. The Bertz CT molecular complexity index is 829. The molecule has 0 radical (unpaired) electrons. The van der Waals surface area contributed by atoms with E-state index in [9.17, 15) is 13.2 Å². The fourth-order valence-corrected chi connectivity index (χ4v) is 4.08. The van der Waals surface area contributed by atoms with E-state index in [0.29, 0.717) is 17.7 Å². The summed E-state index contributed by atoms with van der Waals surface area (Å²) in [5.74, 6) is -1.17. The summed E-state index contributed by atoms with van der Waals surface area (Å²) in [6.07, 6.45) is 0.408. The second kappa shape index (κ2) is 5.49. The zero-order valence-corrected chi connectivity index (χ0v) is 13.7. The molecule has 1 aliphatic heterocycles. The summed E-state index contributed by atoms with van der Waals surface area (Å²) in [5.41, 5.74) is 0.991. The number of benzene rings is 1. The number of hydrogen-bond donors (Lipinski definition) is 2. The van der Waals surface area contributed by atoms with E-state index in [1.165, 1.54) is 16.4 Å². The van der Waals surface area contributed by atoms with E-state index >= 15 is 0 Å². The number of nitrogens with one attached hydrogen (secondary N) is 1. The van der Waals surface area contributed by atoms with Crippen LogP contribution in [0.5, 0.6) is 0 Å². The Morgan fingerprint density at radius 2 is 2.00 bits per heavy atom. The number of carboxylic acid groups (broad SMARTS) is 1. The topological polar surface area (TPSA) is 103 Å². The summed E-state index contributed by atoms with van der Waals surface area (Å²) in [5, 5.41) is 15.5. The third kappa shape index (κ3) is 2.55. The Morgan fingerprint density at radius 1 is 1.32 bits per heavy atom. The van der Waals surface area contributed by atoms with Gasteiger partial charge in [-0.15, -0.1) is 0 Å². The molecule has 0 unspecified atom stereocenters. The van der Waals surface area contributed by atoms with Crippen molar-refractivity contribution in [3.8, 4) is 0 Å². The first-order valence-electron chi connectivity index (χ1n) is 6.44. The monoisotopic (exact) mass is 385 g/mol. The van der Waals surface area contributed by atoms with Crippen LogP contribution in [-0.4, -0.2) is 40.5 Å². The van der Waals surface area contributed by atoms with Gasteiger partial charge in [-0.3, -0.25) is 5.10 Å². The van der Waals surface area contributed by atoms with Crippen LogP contribution in [-0.2, 0) is 23.0 Å². The number of fused-ring (bicyclic) bond motifs is 1. The van der Waals surface area contributed by atoms with E-state index in [1.807, 2.05) is 0 Å². The molecule has 0 spiro atoms. The first-order valence-corrected chi connectivity index (χ1v) is 8.68. The number of rotatable bonds is 3. The van der Waals surface area contributed by atoms with Crippen molar-refractivity contribution in [2.75, 3.05) is 6.54 Å². The molecule has 7 nitrogen and oxygen atoms in total. The normalized spacial score (nSPS) is 15.5. The van der Waals surface area contributed by atoms with Gasteiger partial charge in [-0.2, -0.15) is 9.40 Å². The average molecular weight is 386 g/mol. The largest absolute Gasteiger partial charge is 0.476 e. The lowest BCUT2D eigenvalue weighted by Gasteiger charge is -2.26. The van der Waals surface area contributed by atoms with Gasteiger partial charge in [-0.25, -0.2) is 13.2 Å². The number of aromatic nitrogens is 2. The number of carboxylic acids is 1. The van der Waals surface area contributed by atoms with Crippen LogP contribution in [0.4, 0.5) is 0 Å². The summed E-state index contributed by atoms with van der Waals surface area (Å²) < 4.78 is 27.4. The fourth-order valence-electron chi connectivity index (χ4n) is 2.41. The van der Waals surface area contributed by atoms with Gasteiger partial charge < -0.3 is 5.11 Å². The van der Waals surface area contributed by atoms with Crippen LogP contribution in [0.1, 0.15) is 21.7 Å². The van der Waals surface area contributed by atoms with Crippen LogP contribution in [0.25, 0.3) is 0 Å². The predicted octanol–water partition coefficient (Wildman–Crippen LogP) is 1.62. The summed E-state index contributed by atoms with van der Waals surface area (Å²) in [6.45, 7) is 0.290. The number of H-pyrrole nitrogens is 1. The molecule has 2 N–H and O–H groups in total. The third-order valence-electron chi connectivity index (χ3n) is 3.55. The zero-order valence-electron chi connectivity index (χ0n) is 11.3. The number of nitrogens with zero attached hydrogens (tertiary/aromatic N) is 2. The minimum absolute atomic E-state index is 0.00582. The van der Waals surface area contributed by atoms with E-state index in [4.69, 9.17) is 5.11 Å². The van der Waals surface area contributed by atoms with Crippen LogP contribution in [0.3, 0.4) is 0 Å². The van der Waals surface area contributed by atoms with E-state index in [-0.39, 0.29) is 23.7 Å². The zero-order chi connectivity index (χ0) is 15.9. The maximum atomic E-state index is 12.6. The maximum absolute atomic E-state index is 12.6. The van der Waals surface area contributed by atoms with Gasteiger partial charge in [-0.05, 0) is 24.3 Å². The highest BCUT2D eigenvalue weighted by Crippen LogP contribution is 2.26. The Balaban J connectivity index is 1.95. The van der Waals surface area contributed by atoms with Crippen molar-refractivity contribution < 1.29 is 18.3 Å². The van der Waals surface area contributed by atoms with Crippen molar-refractivity contribution in [1.82, 2.24) is 14.5 Å². The van der Waals surface area contributed by atoms with Crippen molar-refractivity contribution in [1.29, 1.82) is 0 Å². The number of aromatic amines is 1. The van der Waals surface area contributed by atoms with Crippen LogP contribution in [0.15, 0.2) is 33.6 Å². The molecule has 9 heteroatoms. The summed E-state index contributed by atoms with van der Waals surface area (Å²) in [7, 11) is -3.66. The first-order chi connectivity index (χ1) is 10.4. The van der Waals surface area contributed by atoms with Crippen molar-refractivity contribution in [2.45, 2.75) is 17.9 Å². The molecule has 1 aromatic heterocycles. The first kappa shape index (κ1) is 15.2. The van der Waals surface area contributed by atoms with E-state index < -0.39 is 16.0 Å². The maximum Gasteiger partial charge on any atom is 0.356 e. The lowest BCUT2D eigenvalue weighted by atomic mass is 10.1. The van der Waals surface area contributed by atoms with Crippen molar-refractivity contribution in [2.24, 2.45) is 0 Å². The highest BCUT2D eigenvalue weighted by Gasteiger charge is 2.32. The highest BCUT2D eigenvalue weighted by atomic mass is 79.9. The Hall–Kier alpha value is -1.71. The smallest absolute Gasteiger partial charge is 0.356 e. The lowest BCUT2D eigenvalue weighted by Crippen LogP contribution is -2.36. The van der Waals surface area contributed by atoms with Crippen LogP contribution < -0.4 is 0 Å². The van der Waals surface area contributed by atoms with Gasteiger partial charge in [0.05, 0.1) is 4.90 Å². The number of hydrogen-bond acceptors (Lipinski definition) is 4. The van der Waals surface area contributed by atoms with Gasteiger partial charge in [0.25, 0.3) is 0 Å². The molecule has 2 heterocycles. The number of sulfonamides is 1. The molecule has 2 aromatic rings. The van der Waals surface area contributed by atoms with Gasteiger partial charge in [0, 0.05) is 35.2 Å². The van der Waals surface area contributed by atoms with Crippen molar-refractivity contribution in [3.05, 3.63) is 45.7 Å². The number of aromatic carboxylic acids is 1. The number of halogens is 1. The third-order valence-corrected chi connectivity index (χ3v) is 5.94. The molecule has 116 valence electrons. The average Bonchev–Trinajstić information content (AvgIpc) is 2.90. The Labute approximate surface area is 135 Å². The van der Waals surface area contributed by atoms with Crippen molar-refractivity contribution in [3.63, 3.8) is 0 Å². The second-order valence-electron chi connectivity index (χ2n) is 4.88. The Kier molecular flexibility index (Phi) is 3.79. The summed E-state index contributed by atoms with van der Waals surface area (Å²) in [6, 6.07) is 6.34. The quantitative estimate of drug-likeness (QED) is 0.835. The molecule has 1 aliphatic rings. The van der Waals surface area contributed by atoms with Crippen LogP contribution >= 0.6 is 15.9 Å². The predicted molar refractivity (Wildman–Crippen MR) is 81.0 cm³/mol. The van der Waals surface area contributed by atoms with Crippen LogP contribution in [0, 0.1) is 0 Å². The van der Waals surface area contributed by atoms with E-state index in [2.05, 4.69) is 26.1 Å². The number of carbonyl (C=O) groups is 1. The van der Waals surface area contributed by atoms with E-state index in [1.54, 1.807) is 12.1 Å². The van der Waals surface area contributed by atoms with Gasteiger partial charge in [0.2, 0.25) is 10.0 Å². The molecule has 0 fully saturated rings. The molecule has 1 aromatic carbocycles. The molecule has 0 aliphatic carbocycles. The standard InChI is InChI=1S/C13H12BrN3O4S/c14-8-1-3-9(4-2-8)22(20,21)17-6-5-11-10(7-17)12(13(18)19)16-15-11/h1-4H,5-7H2,(H,15,16)(H,18,19). The summed E-state index contributed by atoms with van der Waals surface area (Å²) >= 11 is 3.26. The van der Waals surface area contributed by atoms with Gasteiger partial charge >= 0.3 is 5.97 Å². The van der Waals surface area contributed by atoms with Gasteiger partial charge in [0.1, 0.15) is 0 Å². The SMILES string of the molecule is O=C(O)c1n[nH]c2c1CN(S(=O)(=O)c1ccc(Br)cc1)CC2. The molecule has 0 saturated carbocycles. The molecule has 0 saturated heterocycles. The molecular formula is C13H12BrN3O4S. The lowest BCUT2D eigenvalue weighted by molar-refractivity contribution is 0.0688. The Morgan fingerprint density at radius 3 is 2.64 bits per heavy atom. The van der Waals surface area contributed by atoms with Crippen molar-refractivity contribution >= 4 is 31.9 Å². The molecule has 0 bridgehead atoms. The van der Waals surface area contributed by atoms with Gasteiger partial charge in [-0.1, -0.05) is 15.9 Å². The summed E-state index contributed by atoms with van der Waals surface area (Å²) in [4.78, 5) is 11.3. The second-order valence-corrected chi connectivity index (χ2v) is 7.73. The molecule has 22 heavy (non-hydrogen) atoms. The minimum atomic E-state index is -3.66. The molecule has 0 amide bonds. The van der Waals surface area contributed by atoms with Crippen LogP contribution in [0.2, 0.25) is 0 Å². The van der Waals surface area contributed by atoms with Gasteiger partial charge in [0.15, 0.2) is 5.69 Å². The fraction of sp³-hybridized carbons (Fsp3) is 0.231. The molecular weight excluding hydrogens is 374 g/mol. The van der Waals surface area contributed by atoms with E-state index in [0.717, 1.165) is 4.47 Å². The molecule has 0 atom stereocenters. The molecule has 3 rings (SSSR count). The minimum Gasteiger partial charge on any atom is -0.476 e.